The molecule has 0 saturated carbocycles. The van der Waals surface area contributed by atoms with Crippen molar-refractivity contribution < 1.29 is 24.6 Å². The zero-order valence-corrected chi connectivity index (χ0v) is 10.4. The summed E-state index contributed by atoms with van der Waals surface area (Å²) < 4.78 is -1.95. The Morgan fingerprint density at radius 1 is 1.67 bits per heavy atom. The van der Waals surface area contributed by atoms with E-state index >= 15 is 0 Å². The number of likely N-dealkylation sites (tertiary alicyclic amines) is 1. The maximum Gasteiger partial charge on any atom is 0.260 e. The number of imide groups is 1. The van der Waals surface area contributed by atoms with Gasteiger partial charge in [-0.3, -0.25) is 14.5 Å². The molecule has 8 heteroatoms. The van der Waals surface area contributed by atoms with Gasteiger partial charge in [-0.15, -0.1) is 0 Å². The van der Waals surface area contributed by atoms with Crippen molar-refractivity contribution in [1.29, 1.82) is 0 Å². The molecule has 1 N–H and O–H groups in total. The number of carbonyl (C=O) groups excluding carboxylic acids is 3. The topological polar surface area (TPSA) is 97.7 Å². The number of halogens is 2. The van der Waals surface area contributed by atoms with E-state index in [1.54, 1.807) is 0 Å². The molecule has 0 aromatic heterocycles. The second-order valence-electron chi connectivity index (χ2n) is 2.97. The average molecular weight is 344 g/mol. The Hall–Kier alpha value is -0.470. The SMILES string of the molecule is O=C1CC(O)C(=O)N1C(Br)(CBr)C(=O)[O-]. The Labute approximate surface area is 101 Å². The van der Waals surface area contributed by atoms with Crippen LogP contribution in [0.2, 0.25) is 0 Å². The summed E-state index contributed by atoms with van der Waals surface area (Å²) in [5.41, 5.74) is 0. The van der Waals surface area contributed by atoms with Crippen LogP contribution in [0.5, 0.6) is 0 Å². The fourth-order valence-corrected chi connectivity index (χ4v) is 2.05. The van der Waals surface area contributed by atoms with Crippen molar-refractivity contribution in [3.63, 3.8) is 0 Å². The molecule has 0 aliphatic carbocycles. The minimum absolute atomic E-state index is 0.230. The molecule has 15 heavy (non-hydrogen) atoms. The maximum atomic E-state index is 11.3. The number of aliphatic hydroxyl groups excluding tert-OH is 1. The van der Waals surface area contributed by atoms with Gasteiger partial charge in [-0.2, -0.15) is 0 Å². The summed E-state index contributed by atoms with van der Waals surface area (Å²) >= 11 is 5.61. The van der Waals surface area contributed by atoms with Crippen LogP contribution in [0.1, 0.15) is 6.42 Å². The first-order valence-corrected chi connectivity index (χ1v) is 5.77. The first kappa shape index (κ1) is 12.6. The highest BCUT2D eigenvalue weighted by Gasteiger charge is 2.49. The summed E-state index contributed by atoms with van der Waals surface area (Å²) in [5, 5.41) is 19.7. The van der Waals surface area contributed by atoms with Gasteiger partial charge in [0, 0.05) is 5.33 Å². The van der Waals surface area contributed by atoms with Gasteiger partial charge in [-0.25, -0.2) is 0 Å². The lowest BCUT2D eigenvalue weighted by molar-refractivity contribution is -0.311. The third-order valence-corrected chi connectivity index (χ3v) is 4.49. The Morgan fingerprint density at radius 2 is 2.20 bits per heavy atom. The Bertz CT molecular complexity index is 333. The van der Waals surface area contributed by atoms with Crippen LogP contribution in [0.15, 0.2) is 0 Å². The van der Waals surface area contributed by atoms with Gasteiger partial charge in [-0.05, 0) is 0 Å². The summed E-state index contributed by atoms with van der Waals surface area (Å²) in [5.74, 6) is -3.33. The number of carboxylic acid groups (broad SMARTS) is 1. The monoisotopic (exact) mass is 342 g/mol. The summed E-state index contributed by atoms with van der Waals surface area (Å²) in [7, 11) is 0. The van der Waals surface area contributed by atoms with Crippen molar-refractivity contribution in [1.82, 2.24) is 4.90 Å². The quantitative estimate of drug-likeness (QED) is 0.376. The molecule has 0 radical (unpaired) electrons. The van der Waals surface area contributed by atoms with Crippen LogP contribution < -0.4 is 5.11 Å². The van der Waals surface area contributed by atoms with Crippen LogP contribution in [-0.2, 0) is 14.4 Å². The fourth-order valence-electron chi connectivity index (χ4n) is 1.19. The molecule has 1 rings (SSSR count). The van der Waals surface area contributed by atoms with E-state index in [1.165, 1.54) is 0 Å². The molecule has 1 heterocycles. The molecule has 1 aliphatic heterocycles. The predicted octanol–water partition coefficient (Wildman–Crippen LogP) is -1.66. The van der Waals surface area contributed by atoms with Gasteiger partial charge >= 0.3 is 0 Å². The van der Waals surface area contributed by atoms with E-state index in [0.717, 1.165) is 0 Å². The van der Waals surface area contributed by atoms with E-state index in [9.17, 15) is 19.5 Å². The molecule has 0 aromatic carbocycles. The molecule has 2 atom stereocenters. The summed E-state index contributed by atoms with van der Waals surface area (Å²) in [4.78, 5) is 33.9. The number of carboxylic acids is 1. The van der Waals surface area contributed by atoms with Gasteiger partial charge in [-0.1, -0.05) is 31.9 Å². The molecular formula is C7H6Br2NO5-. The van der Waals surface area contributed by atoms with E-state index in [-0.39, 0.29) is 5.33 Å². The molecule has 0 aromatic rings. The highest BCUT2D eigenvalue weighted by molar-refractivity contribution is 9.12. The zero-order chi connectivity index (χ0) is 11.8. The van der Waals surface area contributed by atoms with Crippen molar-refractivity contribution in [2.45, 2.75) is 17.0 Å². The highest BCUT2D eigenvalue weighted by atomic mass is 79.9. The number of aliphatic carboxylic acids is 1. The van der Waals surface area contributed by atoms with E-state index in [1.807, 2.05) is 0 Å². The van der Waals surface area contributed by atoms with E-state index in [4.69, 9.17) is 5.11 Å². The van der Waals surface area contributed by atoms with Crippen molar-refractivity contribution >= 4 is 49.6 Å². The molecule has 2 amide bonds. The molecule has 0 spiro atoms. The molecule has 6 nitrogen and oxygen atoms in total. The summed E-state index contributed by atoms with van der Waals surface area (Å²) in [6.45, 7) is 0. The highest BCUT2D eigenvalue weighted by Crippen LogP contribution is 2.31. The zero-order valence-electron chi connectivity index (χ0n) is 7.27. The van der Waals surface area contributed by atoms with Gasteiger partial charge < -0.3 is 15.0 Å². The summed E-state index contributed by atoms with van der Waals surface area (Å²) in [6.07, 6.45) is -1.89. The smallest absolute Gasteiger partial charge is 0.260 e. The number of alkyl halides is 2. The van der Waals surface area contributed by atoms with Crippen LogP contribution in [0.3, 0.4) is 0 Å². The van der Waals surface area contributed by atoms with Crippen LogP contribution in [0, 0.1) is 0 Å². The number of nitrogens with zero attached hydrogens (tertiary/aromatic N) is 1. The standard InChI is InChI=1S/C7H7Br2NO5/c8-2-7(9,6(14)15)10-4(12)1-3(11)5(10)13/h3,11H,1-2H2,(H,14,15)/p-1. The normalized spacial score (nSPS) is 25.5. The van der Waals surface area contributed by atoms with E-state index in [0.29, 0.717) is 4.90 Å². The Balaban J connectivity index is 3.10. The van der Waals surface area contributed by atoms with E-state index < -0.39 is 34.8 Å². The van der Waals surface area contributed by atoms with Crippen LogP contribution in [0.4, 0.5) is 0 Å². The second-order valence-corrected chi connectivity index (χ2v) is 4.84. The summed E-state index contributed by atoms with van der Waals surface area (Å²) in [6, 6.07) is 0. The van der Waals surface area contributed by atoms with Gasteiger partial charge in [0.05, 0.1) is 12.4 Å². The van der Waals surface area contributed by atoms with Crippen LogP contribution >= 0.6 is 31.9 Å². The molecule has 1 saturated heterocycles. The Kier molecular flexibility index (Phi) is 3.51. The van der Waals surface area contributed by atoms with Crippen molar-refractivity contribution in [2.24, 2.45) is 0 Å². The average Bonchev–Trinajstić information content (AvgIpc) is 2.40. The van der Waals surface area contributed by atoms with Crippen molar-refractivity contribution in [2.75, 3.05) is 5.33 Å². The lowest BCUT2D eigenvalue weighted by atomic mass is 10.3. The first-order valence-electron chi connectivity index (χ1n) is 3.86. The maximum absolute atomic E-state index is 11.3. The van der Waals surface area contributed by atoms with Gasteiger partial charge in [0.1, 0.15) is 6.10 Å². The molecular weight excluding hydrogens is 338 g/mol. The number of hydrogen-bond acceptors (Lipinski definition) is 5. The lowest BCUT2D eigenvalue weighted by Crippen LogP contribution is -2.59. The Morgan fingerprint density at radius 3 is 2.47 bits per heavy atom. The lowest BCUT2D eigenvalue weighted by Gasteiger charge is -2.34. The van der Waals surface area contributed by atoms with Crippen molar-refractivity contribution in [3.8, 4) is 0 Å². The number of rotatable bonds is 3. The van der Waals surface area contributed by atoms with Gasteiger partial charge in [0.2, 0.25) is 5.91 Å². The molecule has 1 fully saturated rings. The molecule has 84 valence electrons. The number of hydrogen-bond donors (Lipinski definition) is 1. The van der Waals surface area contributed by atoms with Gasteiger partial charge in [0.25, 0.3) is 5.91 Å². The number of amides is 2. The predicted molar refractivity (Wildman–Crippen MR) is 52.9 cm³/mol. The minimum Gasteiger partial charge on any atom is -0.547 e. The minimum atomic E-state index is -1.95. The van der Waals surface area contributed by atoms with Gasteiger partial charge in [0.15, 0.2) is 4.45 Å². The largest absolute Gasteiger partial charge is 0.547 e. The molecule has 0 bridgehead atoms. The second kappa shape index (κ2) is 4.18. The third-order valence-electron chi connectivity index (χ3n) is 1.97. The van der Waals surface area contributed by atoms with E-state index in [2.05, 4.69) is 31.9 Å². The van der Waals surface area contributed by atoms with Crippen molar-refractivity contribution in [3.05, 3.63) is 0 Å². The fraction of sp³-hybridized carbons (Fsp3) is 0.571. The number of carbonyl (C=O) groups is 3. The number of aliphatic hydroxyl groups is 1. The first-order chi connectivity index (χ1) is 6.84. The van der Waals surface area contributed by atoms with Crippen LogP contribution in [0.25, 0.3) is 0 Å². The van der Waals surface area contributed by atoms with Crippen LogP contribution in [-0.4, -0.2) is 43.7 Å². The molecule has 1 aliphatic rings. The third kappa shape index (κ3) is 1.93. The molecule has 2 unspecified atom stereocenters.